The average Bonchev–Trinajstić information content (AvgIpc) is 3.29. The van der Waals surface area contributed by atoms with Crippen molar-refractivity contribution in [3.8, 4) is 11.8 Å². The highest BCUT2D eigenvalue weighted by Gasteiger charge is 2.44. The second-order valence-corrected chi connectivity index (χ2v) is 7.97. The van der Waals surface area contributed by atoms with Crippen molar-refractivity contribution < 1.29 is 29.7 Å². The van der Waals surface area contributed by atoms with E-state index in [0.29, 0.717) is 11.9 Å². The fraction of sp³-hybridized carbons (Fsp3) is 0.600. The molecule has 1 aliphatic carbocycles. The third kappa shape index (κ3) is 4.38. The van der Waals surface area contributed by atoms with E-state index in [2.05, 4.69) is 32.3 Å². The Hall–Kier alpha value is -2.82. The first-order chi connectivity index (χ1) is 15.4. The Kier molecular flexibility index (Phi) is 6.54. The van der Waals surface area contributed by atoms with Gasteiger partial charge in [-0.3, -0.25) is 14.2 Å². The second-order valence-electron chi connectivity index (χ2n) is 7.97. The highest BCUT2D eigenvalue weighted by Crippen LogP contribution is 2.33. The Morgan fingerprint density at radius 2 is 2.09 bits per heavy atom. The van der Waals surface area contributed by atoms with Gasteiger partial charge in [0.2, 0.25) is 11.7 Å². The summed E-state index contributed by atoms with van der Waals surface area (Å²) in [5, 5.41) is 30.9. The molecule has 6 atom stereocenters. The molecule has 172 valence electrons. The van der Waals surface area contributed by atoms with Gasteiger partial charge in [-0.25, -0.2) is 15.4 Å². The fourth-order valence-corrected chi connectivity index (χ4v) is 4.09. The van der Waals surface area contributed by atoms with E-state index in [-0.39, 0.29) is 29.6 Å². The summed E-state index contributed by atoms with van der Waals surface area (Å²) < 4.78 is 7.14. The van der Waals surface area contributed by atoms with E-state index >= 15 is 0 Å². The molecular weight excluding hydrogens is 420 g/mol. The zero-order valence-corrected chi connectivity index (χ0v) is 17.5. The largest absolute Gasteiger partial charge is 0.392 e. The molecule has 0 spiro atoms. The maximum absolute atomic E-state index is 11.3. The zero-order chi connectivity index (χ0) is 22.8. The fourth-order valence-electron chi connectivity index (χ4n) is 4.09. The van der Waals surface area contributed by atoms with Crippen molar-refractivity contribution >= 4 is 22.9 Å². The number of aliphatic hydroxyl groups excluding tert-OH is 3. The zero-order valence-electron chi connectivity index (χ0n) is 17.5. The molecular formula is C20H26N6O6. The van der Waals surface area contributed by atoms with Crippen molar-refractivity contribution in [2.24, 2.45) is 11.7 Å². The number of imidazole rings is 1. The number of carbonyl (C=O) groups excluding carboxylic acids is 1. The molecule has 2 aromatic rings. The number of nitrogens with zero attached hydrogens (tertiary/aromatic N) is 4. The Labute approximate surface area is 183 Å². The highest BCUT2D eigenvalue weighted by atomic mass is 16.6. The lowest BCUT2D eigenvalue weighted by atomic mass is 9.87. The minimum absolute atomic E-state index is 0.156. The first-order valence-electron chi connectivity index (χ1n) is 10.4. The lowest BCUT2D eigenvalue weighted by Crippen LogP contribution is -2.33. The van der Waals surface area contributed by atoms with E-state index in [1.807, 2.05) is 0 Å². The second kappa shape index (κ2) is 9.35. The number of rotatable bonds is 5. The van der Waals surface area contributed by atoms with Crippen LogP contribution in [0.1, 0.15) is 44.2 Å². The predicted octanol–water partition coefficient (Wildman–Crippen LogP) is -0.803. The van der Waals surface area contributed by atoms with Crippen molar-refractivity contribution in [3.63, 3.8) is 0 Å². The quantitative estimate of drug-likeness (QED) is 0.288. The number of primary amides is 1. The van der Waals surface area contributed by atoms with Crippen LogP contribution in [0.3, 0.4) is 0 Å². The van der Waals surface area contributed by atoms with E-state index in [4.69, 9.17) is 15.3 Å². The first kappa shape index (κ1) is 22.4. The van der Waals surface area contributed by atoms with E-state index in [0.717, 1.165) is 19.3 Å². The SMILES string of the molecule is CONc1nc(C#CC2CCCCC2O)nc2c1ncn2[C@@H]1O[C@@H](CC(N)=O)[C@H](O)[C@H]1O. The van der Waals surface area contributed by atoms with Crippen LogP contribution in [0.15, 0.2) is 6.33 Å². The van der Waals surface area contributed by atoms with Crippen LogP contribution in [0.25, 0.3) is 11.2 Å². The summed E-state index contributed by atoms with van der Waals surface area (Å²) in [6, 6.07) is 0. The number of carbonyl (C=O) groups is 1. The van der Waals surface area contributed by atoms with Gasteiger partial charge < -0.3 is 25.8 Å². The highest BCUT2D eigenvalue weighted by molar-refractivity contribution is 5.83. The number of amides is 1. The van der Waals surface area contributed by atoms with Crippen molar-refractivity contribution in [1.29, 1.82) is 0 Å². The van der Waals surface area contributed by atoms with Crippen LogP contribution in [0.2, 0.25) is 0 Å². The number of hydrogen-bond donors (Lipinski definition) is 5. The molecule has 0 aromatic carbocycles. The van der Waals surface area contributed by atoms with Crippen molar-refractivity contribution in [3.05, 3.63) is 12.2 Å². The van der Waals surface area contributed by atoms with Crippen LogP contribution in [0.4, 0.5) is 5.82 Å². The van der Waals surface area contributed by atoms with Crippen LogP contribution in [-0.2, 0) is 14.4 Å². The molecule has 2 unspecified atom stereocenters. The van der Waals surface area contributed by atoms with E-state index in [9.17, 15) is 20.1 Å². The number of anilines is 1. The number of nitrogens with one attached hydrogen (secondary N) is 1. The molecule has 12 nitrogen and oxygen atoms in total. The smallest absolute Gasteiger partial charge is 0.220 e. The molecule has 2 fully saturated rings. The molecule has 32 heavy (non-hydrogen) atoms. The lowest BCUT2D eigenvalue weighted by Gasteiger charge is -2.22. The molecule has 12 heteroatoms. The van der Waals surface area contributed by atoms with Crippen LogP contribution in [-0.4, -0.2) is 72.3 Å². The van der Waals surface area contributed by atoms with Crippen LogP contribution < -0.4 is 11.2 Å². The average molecular weight is 446 g/mol. The van der Waals surface area contributed by atoms with E-state index < -0.39 is 36.6 Å². The maximum Gasteiger partial charge on any atom is 0.220 e. The summed E-state index contributed by atoms with van der Waals surface area (Å²) in [6.45, 7) is 0. The first-order valence-corrected chi connectivity index (χ1v) is 10.4. The Bertz CT molecular complexity index is 1050. The summed E-state index contributed by atoms with van der Waals surface area (Å²) in [4.78, 5) is 29.3. The molecule has 3 heterocycles. The van der Waals surface area contributed by atoms with Gasteiger partial charge in [0.15, 0.2) is 23.2 Å². The summed E-state index contributed by atoms with van der Waals surface area (Å²) in [5.74, 6) is 5.57. The summed E-state index contributed by atoms with van der Waals surface area (Å²) >= 11 is 0. The molecule has 4 rings (SSSR count). The normalized spacial score (nSPS) is 30.1. The summed E-state index contributed by atoms with van der Waals surface area (Å²) in [7, 11) is 1.42. The van der Waals surface area contributed by atoms with Gasteiger partial charge in [0.25, 0.3) is 0 Å². The van der Waals surface area contributed by atoms with Gasteiger partial charge in [0.1, 0.15) is 12.2 Å². The minimum Gasteiger partial charge on any atom is -0.392 e. The molecule has 1 aliphatic heterocycles. The van der Waals surface area contributed by atoms with Crippen LogP contribution in [0, 0.1) is 17.8 Å². The van der Waals surface area contributed by atoms with E-state index in [1.54, 1.807) is 0 Å². The maximum atomic E-state index is 11.3. The minimum atomic E-state index is -1.34. The number of hydrogen-bond acceptors (Lipinski definition) is 10. The molecule has 2 aromatic heterocycles. The van der Waals surface area contributed by atoms with Gasteiger partial charge in [-0.15, -0.1) is 0 Å². The number of aliphatic hydroxyl groups is 3. The topological polar surface area (TPSA) is 178 Å². The molecule has 0 bridgehead atoms. The number of nitrogens with two attached hydrogens (primary N) is 1. The molecule has 6 N–H and O–H groups in total. The van der Waals surface area contributed by atoms with Crippen LogP contribution in [0.5, 0.6) is 0 Å². The number of fused-ring (bicyclic) bond motifs is 1. The molecule has 2 aliphatic rings. The van der Waals surface area contributed by atoms with Crippen molar-refractivity contribution in [2.45, 2.75) is 62.7 Å². The molecule has 1 amide bonds. The monoisotopic (exact) mass is 446 g/mol. The van der Waals surface area contributed by atoms with Gasteiger partial charge in [-0.1, -0.05) is 18.8 Å². The predicted molar refractivity (Wildman–Crippen MR) is 111 cm³/mol. The Morgan fingerprint density at radius 3 is 2.81 bits per heavy atom. The van der Waals surface area contributed by atoms with Crippen molar-refractivity contribution in [1.82, 2.24) is 19.5 Å². The lowest BCUT2D eigenvalue weighted by molar-refractivity contribution is -0.122. The summed E-state index contributed by atoms with van der Waals surface area (Å²) in [6.07, 6.45) is -0.488. The van der Waals surface area contributed by atoms with Gasteiger partial charge in [-0.05, 0) is 18.8 Å². The Balaban J connectivity index is 1.70. The molecule has 0 radical (unpaired) electrons. The van der Waals surface area contributed by atoms with Gasteiger partial charge >= 0.3 is 0 Å². The summed E-state index contributed by atoms with van der Waals surface area (Å²) in [5.41, 5.74) is 8.46. The van der Waals surface area contributed by atoms with Crippen molar-refractivity contribution in [2.75, 3.05) is 12.6 Å². The van der Waals surface area contributed by atoms with Gasteiger partial charge in [-0.2, -0.15) is 4.98 Å². The third-order valence-electron chi connectivity index (χ3n) is 5.73. The molecule has 1 saturated heterocycles. The van der Waals surface area contributed by atoms with Crippen LogP contribution >= 0.6 is 0 Å². The Morgan fingerprint density at radius 1 is 1.31 bits per heavy atom. The standard InChI is InChI=1S/C20H26N6O6/c1-31-25-18-15-19(24-14(23-18)7-6-10-4-2-3-5-11(10)27)26(9-22-15)20-17(30)16(29)12(32-20)8-13(21)28/h9-12,16-17,20,27,29-30H,2-5,8H2,1H3,(H2,21,28)(H,23,24,25)/t10?,11?,12-,16-,17+,20+/m0/s1. The van der Waals surface area contributed by atoms with Gasteiger partial charge in [0, 0.05) is 5.92 Å². The number of ether oxygens (including phenoxy) is 1. The third-order valence-corrected chi connectivity index (χ3v) is 5.73. The van der Waals surface area contributed by atoms with Gasteiger partial charge in [0.05, 0.1) is 32.1 Å². The number of aromatic nitrogens is 4. The van der Waals surface area contributed by atoms with E-state index in [1.165, 1.54) is 18.0 Å². The molecule has 1 saturated carbocycles.